The summed E-state index contributed by atoms with van der Waals surface area (Å²) in [6, 6.07) is 9.65. The number of benzene rings is 1. The lowest BCUT2D eigenvalue weighted by Crippen LogP contribution is -2.15. The molecule has 0 amide bonds. The molecule has 3 N–H and O–H groups in total. The monoisotopic (exact) mass is 268 g/mol. The molecule has 1 aromatic carbocycles. The van der Waals surface area contributed by atoms with E-state index in [-0.39, 0.29) is 5.92 Å². The van der Waals surface area contributed by atoms with Crippen LogP contribution < -0.4 is 5.73 Å². The number of aromatic amines is 1. The molecule has 4 heteroatoms. The number of aromatic nitrogens is 2. The molecule has 0 fully saturated rings. The molecule has 1 heterocycles. The molecule has 2 rings (SSSR count). The van der Waals surface area contributed by atoms with Crippen LogP contribution in [0.15, 0.2) is 30.5 Å². The lowest BCUT2D eigenvalue weighted by Gasteiger charge is -2.14. The third-order valence-electron chi connectivity index (χ3n) is 3.33. The smallest absolute Gasteiger partial charge is 0.110 e. The van der Waals surface area contributed by atoms with Crippen LogP contribution in [-0.4, -0.2) is 16.5 Å². The van der Waals surface area contributed by atoms with Crippen LogP contribution in [0.2, 0.25) is 0 Å². The largest absolute Gasteiger partial charge is 0.342 e. The number of H-pyrrole nitrogens is 1. The standard InChI is InChI=1S/C16H20N4/c1-11(2)6-14(9-18)16-19-10-15(20-16)13-5-3-4-12(7-13)8-17/h3-5,7,10-11,14H,6,9,18H2,1-2H3,(H,19,20). The molecule has 104 valence electrons. The number of nitrogens with one attached hydrogen (secondary N) is 1. The summed E-state index contributed by atoms with van der Waals surface area (Å²) in [6.45, 7) is 4.95. The zero-order valence-electron chi connectivity index (χ0n) is 11.9. The van der Waals surface area contributed by atoms with Crippen molar-refractivity contribution in [3.05, 3.63) is 41.9 Å². The Morgan fingerprint density at radius 2 is 2.20 bits per heavy atom. The number of hydrogen-bond acceptors (Lipinski definition) is 3. The fourth-order valence-corrected chi connectivity index (χ4v) is 2.34. The Morgan fingerprint density at radius 1 is 1.40 bits per heavy atom. The molecule has 20 heavy (non-hydrogen) atoms. The van der Waals surface area contributed by atoms with E-state index in [0.717, 1.165) is 23.5 Å². The van der Waals surface area contributed by atoms with E-state index < -0.39 is 0 Å². The summed E-state index contributed by atoms with van der Waals surface area (Å²) in [5.41, 5.74) is 8.40. The Bertz CT molecular complexity index is 607. The van der Waals surface area contributed by atoms with E-state index in [1.807, 2.05) is 24.4 Å². The topological polar surface area (TPSA) is 78.5 Å². The van der Waals surface area contributed by atoms with Gasteiger partial charge in [0.2, 0.25) is 0 Å². The van der Waals surface area contributed by atoms with Crippen molar-refractivity contribution in [1.29, 1.82) is 5.26 Å². The Kier molecular flexibility index (Phi) is 4.54. The van der Waals surface area contributed by atoms with Crippen LogP contribution in [0.1, 0.15) is 37.6 Å². The molecule has 2 aromatic rings. The molecule has 0 aliphatic rings. The van der Waals surface area contributed by atoms with Crippen LogP contribution in [0.4, 0.5) is 0 Å². The fourth-order valence-electron chi connectivity index (χ4n) is 2.34. The molecule has 1 aromatic heterocycles. The Labute approximate surface area is 119 Å². The predicted molar refractivity (Wildman–Crippen MR) is 80.0 cm³/mol. The summed E-state index contributed by atoms with van der Waals surface area (Å²) in [5, 5.41) is 8.95. The number of rotatable bonds is 5. The van der Waals surface area contributed by atoms with Gasteiger partial charge >= 0.3 is 0 Å². The third-order valence-corrected chi connectivity index (χ3v) is 3.33. The second-order valence-corrected chi connectivity index (χ2v) is 5.44. The van der Waals surface area contributed by atoms with Crippen molar-refractivity contribution in [2.24, 2.45) is 11.7 Å². The summed E-state index contributed by atoms with van der Waals surface area (Å²) in [5.74, 6) is 1.76. The number of nitrogens with two attached hydrogens (primary N) is 1. The molecular weight excluding hydrogens is 248 g/mol. The number of nitrogens with zero attached hydrogens (tertiary/aromatic N) is 2. The van der Waals surface area contributed by atoms with Crippen molar-refractivity contribution in [1.82, 2.24) is 9.97 Å². The molecule has 0 saturated heterocycles. The maximum atomic E-state index is 8.95. The molecule has 4 nitrogen and oxygen atoms in total. The number of imidazole rings is 1. The summed E-state index contributed by atoms with van der Waals surface area (Å²) in [6.07, 6.45) is 2.83. The minimum atomic E-state index is 0.253. The van der Waals surface area contributed by atoms with Gasteiger partial charge in [0.1, 0.15) is 5.82 Å². The van der Waals surface area contributed by atoms with Gasteiger partial charge in [-0.25, -0.2) is 4.98 Å². The molecule has 1 atom stereocenters. The van der Waals surface area contributed by atoms with Crippen LogP contribution in [0.25, 0.3) is 11.3 Å². The van der Waals surface area contributed by atoms with Crippen molar-refractivity contribution >= 4 is 0 Å². The van der Waals surface area contributed by atoms with E-state index in [0.29, 0.717) is 18.0 Å². The van der Waals surface area contributed by atoms with Crippen molar-refractivity contribution in [2.45, 2.75) is 26.2 Å². The lowest BCUT2D eigenvalue weighted by molar-refractivity contribution is 0.490. The normalized spacial score (nSPS) is 12.3. The zero-order chi connectivity index (χ0) is 14.5. The van der Waals surface area contributed by atoms with Gasteiger partial charge < -0.3 is 10.7 Å². The van der Waals surface area contributed by atoms with Crippen LogP contribution in [0.3, 0.4) is 0 Å². The van der Waals surface area contributed by atoms with Gasteiger partial charge in [0.25, 0.3) is 0 Å². The van der Waals surface area contributed by atoms with E-state index >= 15 is 0 Å². The first-order valence-electron chi connectivity index (χ1n) is 6.89. The first kappa shape index (κ1) is 14.3. The number of nitriles is 1. The second kappa shape index (κ2) is 6.36. The van der Waals surface area contributed by atoms with Gasteiger partial charge in [-0.2, -0.15) is 5.26 Å². The van der Waals surface area contributed by atoms with Gasteiger partial charge in [0.05, 0.1) is 23.5 Å². The minimum Gasteiger partial charge on any atom is -0.342 e. The quantitative estimate of drug-likeness (QED) is 0.874. The molecule has 0 aliphatic carbocycles. The van der Waals surface area contributed by atoms with Crippen molar-refractivity contribution < 1.29 is 0 Å². The summed E-state index contributed by atoms with van der Waals surface area (Å²) in [7, 11) is 0. The van der Waals surface area contributed by atoms with Gasteiger partial charge in [-0.05, 0) is 24.5 Å². The van der Waals surface area contributed by atoms with Crippen LogP contribution in [0.5, 0.6) is 0 Å². The van der Waals surface area contributed by atoms with E-state index in [9.17, 15) is 0 Å². The molecule has 0 radical (unpaired) electrons. The van der Waals surface area contributed by atoms with Gasteiger partial charge in [0.15, 0.2) is 0 Å². The first-order valence-corrected chi connectivity index (χ1v) is 6.89. The van der Waals surface area contributed by atoms with Crippen molar-refractivity contribution in [3.63, 3.8) is 0 Å². The minimum absolute atomic E-state index is 0.253. The molecule has 0 aliphatic heterocycles. The molecule has 0 spiro atoms. The maximum absolute atomic E-state index is 8.95. The fraction of sp³-hybridized carbons (Fsp3) is 0.375. The van der Waals surface area contributed by atoms with Crippen molar-refractivity contribution in [2.75, 3.05) is 6.54 Å². The van der Waals surface area contributed by atoms with Crippen LogP contribution in [-0.2, 0) is 0 Å². The SMILES string of the molecule is CC(C)CC(CN)c1ncc(-c2cccc(C#N)c2)[nH]1. The maximum Gasteiger partial charge on any atom is 0.110 e. The highest BCUT2D eigenvalue weighted by atomic mass is 14.9. The van der Waals surface area contributed by atoms with Crippen molar-refractivity contribution in [3.8, 4) is 17.3 Å². The summed E-state index contributed by atoms with van der Waals surface area (Å²) < 4.78 is 0. The van der Waals surface area contributed by atoms with Gasteiger partial charge in [-0.1, -0.05) is 26.0 Å². The molecular formula is C16H20N4. The van der Waals surface area contributed by atoms with E-state index in [1.165, 1.54) is 0 Å². The number of hydrogen-bond donors (Lipinski definition) is 2. The highest BCUT2D eigenvalue weighted by Gasteiger charge is 2.15. The third kappa shape index (κ3) is 3.25. The highest BCUT2D eigenvalue weighted by molar-refractivity contribution is 5.60. The Morgan fingerprint density at radius 3 is 2.85 bits per heavy atom. The van der Waals surface area contributed by atoms with E-state index in [2.05, 4.69) is 29.9 Å². The summed E-state index contributed by atoms with van der Waals surface area (Å²) >= 11 is 0. The summed E-state index contributed by atoms with van der Waals surface area (Å²) in [4.78, 5) is 7.79. The Hall–Kier alpha value is -2.12. The van der Waals surface area contributed by atoms with E-state index in [4.69, 9.17) is 11.0 Å². The lowest BCUT2D eigenvalue weighted by atomic mass is 9.97. The Balaban J connectivity index is 2.25. The average molecular weight is 268 g/mol. The first-order chi connectivity index (χ1) is 9.63. The van der Waals surface area contributed by atoms with Gasteiger partial charge in [-0.15, -0.1) is 0 Å². The highest BCUT2D eigenvalue weighted by Crippen LogP contribution is 2.24. The molecule has 0 saturated carbocycles. The average Bonchev–Trinajstić information content (AvgIpc) is 2.94. The van der Waals surface area contributed by atoms with Gasteiger partial charge in [0, 0.05) is 18.0 Å². The second-order valence-electron chi connectivity index (χ2n) is 5.44. The van der Waals surface area contributed by atoms with E-state index in [1.54, 1.807) is 6.07 Å². The molecule has 0 bridgehead atoms. The zero-order valence-corrected chi connectivity index (χ0v) is 11.9. The predicted octanol–water partition coefficient (Wildman–Crippen LogP) is 3.04. The van der Waals surface area contributed by atoms with Gasteiger partial charge in [-0.3, -0.25) is 0 Å². The van der Waals surface area contributed by atoms with Crippen LogP contribution in [0, 0.1) is 17.2 Å². The van der Waals surface area contributed by atoms with Crippen LogP contribution >= 0.6 is 0 Å². The molecule has 1 unspecified atom stereocenters.